The third-order valence-electron chi connectivity index (χ3n) is 5.91. The van der Waals surface area contributed by atoms with E-state index in [1.54, 1.807) is 24.3 Å². The Morgan fingerprint density at radius 3 is 2.13 bits per heavy atom. The second kappa shape index (κ2) is 9.14. The lowest BCUT2D eigenvalue weighted by Crippen LogP contribution is -2.44. The van der Waals surface area contributed by atoms with Crippen LogP contribution >= 0.6 is 0 Å². The summed E-state index contributed by atoms with van der Waals surface area (Å²) < 4.78 is 5.52. The van der Waals surface area contributed by atoms with E-state index in [0.29, 0.717) is 37.3 Å². The predicted molar refractivity (Wildman–Crippen MR) is 122 cm³/mol. The van der Waals surface area contributed by atoms with Crippen molar-refractivity contribution in [3.63, 3.8) is 0 Å². The van der Waals surface area contributed by atoms with Crippen LogP contribution in [-0.4, -0.2) is 25.0 Å². The van der Waals surface area contributed by atoms with Gasteiger partial charge in [-0.05, 0) is 61.2 Å². The molecule has 1 aliphatic rings. The molecule has 31 heavy (non-hydrogen) atoms. The molecule has 1 aliphatic heterocycles. The highest BCUT2D eigenvalue weighted by atomic mass is 16.5. The molecule has 0 bridgehead atoms. The molecule has 0 unspecified atom stereocenters. The maximum Gasteiger partial charge on any atom is 0.255 e. The highest BCUT2D eigenvalue weighted by molar-refractivity contribution is 6.05. The zero-order valence-electron chi connectivity index (χ0n) is 17.6. The molecule has 1 heterocycles. The molecule has 5 nitrogen and oxygen atoms in total. The summed E-state index contributed by atoms with van der Waals surface area (Å²) in [5, 5.41) is 5.98. The number of aryl methyl sites for hydroxylation is 1. The van der Waals surface area contributed by atoms with Gasteiger partial charge in [0.25, 0.3) is 5.91 Å². The minimum absolute atomic E-state index is 0.0425. The third kappa shape index (κ3) is 4.52. The molecule has 0 radical (unpaired) electrons. The largest absolute Gasteiger partial charge is 0.381 e. The summed E-state index contributed by atoms with van der Waals surface area (Å²) in [5.41, 5.74) is 3.38. The van der Waals surface area contributed by atoms with Crippen molar-refractivity contribution >= 4 is 23.2 Å². The molecule has 0 atom stereocenters. The van der Waals surface area contributed by atoms with Gasteiger partial charge in [-0.25, -0.2) is 0 Å². The molecule has 5 heteroatoms. The molecule has 158 valence electrons. The molecular formula is C26H26N2O3. The van der Waals surface area contributed by atoms with Crippen LogP contribution in [0.4, 0.5) is 11.4 Å². The number of ether oxygens (including phenoxy) is 1. The number of anilines is 2. The van der Waals surface area contributed by atoms with Crippen LogP contribution in [0.25, 0.3) is 0 Å². The molecule has 2 amide bonds. The molecule has 2 N–H and O–H groups in total. The van der Waals surface area contributed by atoms with Gasteiger partial charge in [0.2, 0.25) is 5.91 Å². The number of carbonyl (C=O) groups is 2. The van der Waals surface area contributed by atoms with Crippen LogP contribution in [0.1, 0.15) is 34.3 Å². The van der Waals surface area contributed by atoms with Crippen LogP contribution in [0, 0.1) is 6.92 Å². The van der Waals surface area contributed by atoms with Gasteiger partial charge in [-0.2, -0.15) is 0 Å². The van der Waals surface area contributed by atoms with E-state index in [1.165, 1.54) is 0 Å². The Kier molecular flexibility index (Phi) is 6.14. The summed E-state index contributed by atoms with van der Waals surface area (Å²) in [4.78, 5) is 25.9. The van der Waals surface area contributed by atoms with E-state index in [9.17, 15) is 9.59 Å². The Balaban J connectivity index is 1.48. The molecule has 1 saturated heterocycles. The molecule has 0 aliphatic carbocycles. The standard InChI is InChI=1S/C26H26N2O3/c1-19-7-5-6-10-23(19)28-24(29)20-11-13-22(14-12-20)27-25(30)26(15-17-31-18-16-26)21-8-3-2-4-9-21/h2-14H,15-18H2,1H3,(H,27,30)(H,28,29). The van der Waals surface area contributed by atoms with Crippen molar-refractivity contribution in [1.29, 1.82) is 0 Å². The van der Waals surface area contributed by atoms with Gasteiger partial charge in [-0.3, -0.25) is 9.59 Å². The first-order valence-electron chi connectivity index (χ1n) is 10.5. The van der Waals surface area contributed by atoms with E-state index in [4.69, 9.17) is 4.74 Å². The minimum Gasteiger partial charge on any atom is -0.381 e. The van der Waals surface area contributed by atoms with E-state index in [2.05, 4.69) is 10.6 Å². The van der Waals surface area contributed by atoms with E-state index in [-0.39, 0.29) is 11.8 Å². The van der Waals surface area contributed by atoms with E-state index < -0.39 is 5.41 Å². The average molecular weight is 415 g/mol. The van der Waals surface area contributed by atoms with Crippen LogP contribution in [0.3, 0.4) is 0 Å². The van der Waals surface area contributed by atoms with Gasteiger partial charge >= 0.3 is 0 Å². The molecule has 0 saturated carbocycles. The fourth-order valence-corrected chi connectivity index (χ4v) is 3.99. The second-order valence-corrected chi connectivity index (χ2v) is 7.86. The summed E-state index contributed by atoms with van der Waals surface area (Å²) in [6.45, 7) is 3.06. The lowest BCUT2D eigenvalue weighted by atomic mass is 9.73. The second-order valence-electron chi connectivity index (χ2n) is 7.86. The summed E-state index contributed by atoms with van der Waals surface area (Å²) >= 11 is 0. The predicted octanol–water partition coefficient (Wildman–Crippen LogP) is 4.93. The Bertz CT molecular complexity index is 1060. The third-order valence-corrected chi connectivity index (χ3v) is 5.91. The molecule has 3 aromatic carbocycles. The zero-order chi connectivity index (χ0) is 21.7. The molecule has 0 aromatic heterocycles. The Morgan fingerprint density at radius 2 is 1.45 bits per heavy atom. The summed E-state index contributed by atoms with van der Waals surface area (Å²) in [6, 6.07) is 24.5. The monoisotopic (exact) mass is 414 g/mol. The van der Waals surface area contributed by atoms with E-state index >= 15 is 0 Å². The average Bonchev–Trinajstić information content (AvgIpc) is 2.82. The van der Waals surface area contributed by atoms with E-state index in [0.717, 1.165) is 16.8 Å². The number of benzene rings is 3. The summed E-state index contributed by atoms with van der Waals surface area (Å²) in [7, 11) is 0. The molecule has 1 fully saturated rings. The number of rotatable bonds is 5. The highest BCUT2D eigenvalue weighted by Gasteiger charge is 2.41. The highest BCUT2D eigenvalue weighted by Crippen LogP contribution is 2.36. The van der Waals surface area contributed by atoms with Crippen molar-refractivity contribution in [3.05, 3.63) is 95.6 Å². The maximum absolute atomic E-state index is 13.3. The van der Waals surface area contributed by atoms with Crippen molar-refractivity contribution in [2.75, 3.05) is 23.8 Å². The zero-order valence-corrected chi connectivity index (χ0v) is 17.6. The van der Waals surface area contributed by atoms with Gasteiger partial charge in [0.1, 0.15) is 0 Å². The first-order valence-corrected chi connectivity index (χ1v) is 10.5. The van der Waals surface area contributed by atoms with Gasteiger partial charge in [0.05, 0.1) is 5.41 Å². The Labute approximate surface area is 182 Å². The summed E-state index contributed by atoms with van der Waals surface area (Å²) in [5.74, 6) is -0.225. The maximum atomic E-state index is 13.3. The first-order chi connectivity index (χ1) is 15.1. The van der Waals surface area contributed by atoms with Crippen molar-refractivity contribution in [3.8, 4) is 0 Å². The fourth-order valence-electron chi connectivity index (χ4n) is 3.99. The topological polar surface area (TPSA) is 67.4 Å². The first kappa shape index (κ1) is 20.8. The number of amides is 2. The molecule has 3 aromatic rings. The lowest BCUT2D eigenvalue weighted by Gasteiger charge is -2.36. The Hall–Kier alpha value is -3.44. The van der Waals surface area contributed by atoms with Gasteiger partial charge in [-0.1, -0.05) is 48.5 Å². The number of carbonyl (C=O) groups excluding carboxylic acids is 2. The van der Waals surface area contributed by atoms with Crippen molar-refractivity contribution in [2.45, 2.75) is 25.2 Å². The van der Waals surface area contributed by atoms with Gasteiger partial charge in [-0.15, -0.1) is 0 Å². The smallest absolute Gasteiger partial charge is 0.255 e. The van der Waals surface area contributed by atoms with Crippen LogP contribution in [-0.2, 0) is 14.9 Å². The van der Waals surface area contributed by atoms with Gasteiger partial charge < -0.3 is 15.4 Å². The van der Waals surface area contributed by atoms with Crippen LogP contribution in [0.2, 0.25) is 0 Å². The fraction of sp³-hybridized carbons (Fsp3) is 0.231. The molecule has 0 spiro atoms. The van der Waals surface area contributed by atoms with Crippen molar-refractivity contribution in [1.82, 2.24) is 0 Å². The van der Waals surface area contributed by atoms with Crippen molar-refractivity contribution < 1.29 is 14.3 Å². The number of hydrogen-bond donors (Lipinski definition) is 2. The molecular weight excluding hydrogens is 388 g/mol. The van der Waals surface area contributed by atoms with E-state index in [1.807, 2.05) is 61.5 Å². The number of hydrogen-bond acceptors (Lipinski definition) is 3. The number of para-hydroxylation sites is 1. The van der Waals surface area contributed by atoms with Crippen LogP contribution in [0.15, 0.2) is 78.9 Å². The van der Waals surface area contributed by atoms with Gasteiger partial charge in [0.15, 0.2) is 0 Å². The normalized spacial score (nSPS) is 15.1. The van der Waals surface area contributed by atoms with Crippen molar-refractivity contribution in [2.24, 2.45) is 0 Å². The minimum atomic E-state index is -0.611. The van der Waals surface area contributed by atoms with Crippen LogP contribution < -0.4 is 10.6 Å². The quantitative estimate of drug-likeness (QED) is 0.622. The lowest BCUT2D eigenvalue weighted by molar-refractivity contribution is -0.125. The molecule has 4 rings (SSSR count). The number of nitrogens with one attached hydrogen (secondary N) is 2. The summed E-state index contributed by atoms with van der Waals surface area (Å²) in [6.07, 6.45) is 1.28. The van der Waals surface area contributed by atoms with Gasteiger partial charge in [0, 0.05) is 30.2 Å². The SMILES string of the molecule is Cc1ccccc1NC(=O)c1ccc(NC(=O)C2(c3ccccc3)CCOCC2)cc1. The Morgan fingerprint density at radius 1 is 0.806 bits per heavy atom. The van der Waals surface area contributed by atoms with Crippen LogP contribution in [0.5, 0.6) is 0 Å².